The van der Waals surface area contributed by atoms with Crippen LogP contribution in [0.4, 0.5) is 0 Å². The van der Waals surface area contributed by atoms with E-state index < -0.39 is 10.0 Å². The maximum absolute atomic E-state index is 13.1. The molecule has 1 heterocycles. The number of nitrogens with zero attached hydrogens (tertiary/aromatic N) is 1. The molecule has 0 N–H and O–H groups in total. The van der Waals surface area contributed by atoms with Gasteiger partial charge in [0.15, 0.2) is 0 Å². The number of rotatable bonds is 4. The molecular formula is C18H21NO3S2. The summed E-state index contributed by atoms with van der Waals surface area (Å²) < 4.78 is 33.0. The van der Waals surface area contributed by atoms with E-state index in [1.165, 1.54) is 0 Å². The quantitative estimate of drug-likeness (QED) is 0.830. The van der Waals surface area contributed by atoms with Gasteiger partial charge in [0.05, 0.1) is 17.4 Å². The zero-order valence-corrected chi connectivity index (χ0v) is 15.7. The molecule has 0 spiro atoms. The van der Waals surface area contributed by atoms with Gasteiger partial charge >= 0.3 is 0 Å². The fourth-order valence-corrected chi connectivity index (χ4v) is 6.07. The molecule has 1 atom stereocenters. The maximum atomic E-state index is 13.1. The number of sulfonamides is 1. The molecule has 1 unspecified atom stereocenters. The first-order valence-corrected chi connectivity index (χ1v) is 10.3. The zero-order valence-electron chi connectivity index (χ0n) is 14.0. The second-order valence-electron chi connectivity index (χ2n) is 5.86. The second-order valence-corrected chi connectivity index (χ2v) is 8.94. The van der Waals surface area contributed by atoms with Gasteiger partial charge in [0.2, 0.25) is 10.0 Å². The first-order chi connectivity index (χ1) is 11.4. The molecule has 0 saturated carbocycles. The van der Waals surface area contributed by atoms with Gasteiger partial charge in [0, 0.05) is 12.3 Å². The van der Waals surface area contributed by atoms with Gasteiger partial charge in [-0.15, -0.1) is 11.8 Å². The van der Waals surface area contributed by atoms with E-state index in [0.29, 0.717) is 11.4 Å². The van der Waals surface area contributed by atoms with Gasteiger partial charge in [0.1, 0.15) is 5.75 Å². The normalized spacial score (nSPS) is 18.7. The largest absolute Gasteiger partial charge is 0.497 e. The summed E-state index contributed by atoms with van der Waals surface area (Å²) in [5, 5.41) is -0.192. The van der Waals surface area contributed by atoms with Crippen molar-refractivity contribution in [1.82, 2.24) is 4.31 Å². The van der Waals surface area contributed by atoms with Crippen molar-refractivity contribution in [3.63, 3.8) is 0 Å². The molecule has 0 amide bonds. The van der Waals surface area contributed by atoms with E-state index in [9.17, 15) is 8.42 Å². The average Bonchev–Trinajstić information content (AvgIpc) is 3.08. The minimum atomic E-state index is -3.51. The van der Waals surface area contributed by atoms with Gasteiger partial charge < -0.3 is 4.74 Å². The highest BCUT2D eigenvalue weighted by molar-refractivity contribution is 8.01. The van der Waals surface area contributed by atoms with Crippen LogP contribution in [0.5, 0.6) is 5.75 Å². The van der Waals surface area contributed by atoms with Crippen LogP contribution in [0, 0.1) is 13.8 Å². The summed E-state index contributed by atoms with van der Waals surface area (Å²) in [6.07, 6.45) is 0. The van der Waals surface area contributed by atoms with Crippen LogP contribution in [-0.4, -0.2) is 32.1 Å². The lowest BCUT2D eigenvalue weighted by atomic mass is 10.1. The summed E-state index contributed by atoms with van der Waals surface area (Å²) in [5.74, 6) is 1.56. The minimum Gasteiger partial charge on any atom is -0.497 e. The van der Waals surface area contributed by atoms with E-state index in [-0.39, 0.29) is 5.37 Å². The monoisotopic (exact) mass is 363 g/mol. The van der Waals surface area contributed by atoms with Crippen LogP contribution in [0.3, 0.4) is 0 Å². The van der Waals surface area contributed by atoms with Crippen LogP contribution in [-0.2, 0) is 10.0 Å². The van der Waals surface area contributed by atoms with Crippen LogP contribution in [0.25, 0.3) is 0 Å². The fourth-order valence-electron chi connectivity index (χ4n) is 2.74. The number of methoxy groups -OCH3 is 1. The second kappa shape index (κ2) is 6.78. The Hall–Kier alpha value is -1.50. The first-order valence-electron chi connectivity index (χ1n) is 7.78. The van der Waals surface area contributed by atoms with E-state index in [1.54, 1.807) is 35.3 Å². The summed E-state index contributed by atoms with van der Waals surface area (Å²) in [6, 6.07) is 12.9. The Morgan fingerprint density at radius 2 is 1.79 bits per heavy atom. The van der Waals surface area contributed by atoms with E-state index in [1.807, 2.05) is 44.2 Å². The molecule has 1 fully saturated rings. The Balaban J connectivity index is 1.94. The van der Waals surface area contributed by atoms with E-state index in [0.717, 1.165) is 28.2 Å². The van der Waals surface area contributed by atoms with Crippen LogP contribution in [0.15, 0.2) is 47.4 Å². The van der Waals surface area contributed by atoms with Gasteiger partial charge in [-0.3, -0.25) is 0 Å². The van der Waals surface area contributed by atoms with Crippen LogP contribution in [0.2, 0.25) is 0 Å². The van der Waals surface area contributed by atoms with E-state index >= 15 is 0 Å². The lowest BCUT2D eigenvalue weighted by Crippen LogP contribution is -2.30. The Morgan fingerprint density at radius 1 is 1.08 bits per heavy atom. The third kappa shape index (κ3) is 3.18. The van der Waals surface area contributed by atoms with Gasteiger partial charge in [-0.05, 0) is 54.8 Å². The highest BCUT2D eigenvalue weighted by Crippen LogP contribution is 2.41. The minimum absolute atomic E-state index is 0.192. The highest BCUT2D eigenvalue weighted by Gasteiger charge is 2.36. The third-order valence-electron chi connectivity index (χ3n) is 4.33. The Labute approximate surface area is 147 Å². The van der Waals surface area contributed by atoms with Gasteiger partial charge in [-0.1, -0.05) is 18.2 Å². The number of ether oxygens (including phenoxy) is 1. The maximum Gasteiger partial charge on any atom is 0.244 e. The average molecular weight is 364 g/mol. The number of aryl methyl sites for hydroxylation is 2. The van der Waals surface area contributed by atoms with Crippen LogP contribution in [0.1, 0.15) is 22.1 Å². The van der Waals surface area contributed by atoms with Crippen molar-refractivity contribution in [2.75, 3.05) is 19.4 Å². The fraction of sp³-hybridized carbons (Fsp3) is 0.333. The van der Waals surface area contributed by atoms with Gasteiger partial charge in [-0.2, -0.15) is 4.31 Å². The third-order valence-corrected chi connectivity index (χ3v) is 7.59. The van der Waals surface area contributed by atoms with Crippen molar-refractivity contribution in [3.8, 4) is 5.75 Å². The number of hydrogen-bond donors (Lipinski definition) is 0. The van der Waals surface area contributed by atoms with Crippen molar-refractivity contribution in [1.29, 1.82) is 0 Å². The predicted octanol–water partition coefficient (Wildman–Crippen LogP) is 3.75. The molecule has 4 nitrogen and oxygen atoms in total. The van der Waals surface area contributed by atoms with Crippen molar-refractivity contribution < 1.29 is 13.2 Å². The van der Waals surface area contributed by atoms with Crippen LogP contribution >= 0.6 is 11.8 Å². The summed E-state index contributed by atoms with van der Waals surface area (Å²) in [5.41, 5.74) is 3.06. The highest BCUT2D eigenvalue weighted by atomic mass is 32.2. The van der Waals surface area contributed by atoms with Crippen molar-refractivity contribution in [2.24, 2.45) is 0 Å². The number of hydrogen-bond acceptors (Lipinski definition) is 4. The van der Waals surface area contributed by atoms with Crippen molar-refractivity contribution in [2.45, 2.75) is 24.1 Å². The molecule has 0 aliphatic carbocycles. The van der Waals surface area contributed by atoms with Gasteiger partial charge in [-0.25, -0.2) is 8.42 Å². The molecule has 128 valence electrons. The molecule has 24 heavy (non-hydrogen) atoms. The molecule has 1 aliphatic heterocycles. The summed E-state index contributed by atoms with van der Waals surface area (Å²) in [7, 11) is -1.89. The number of benzene rings is 2. The molecule has 1 aliphatic rings. The molecule has 0 radical (unpaired) electrons. The molecule has 0 aromatic heterocycles. The van der Waals surface area contributed by atoms with Gasteiger partial charge in [0.25, 0.3) is 0 Å². The molecular weight excluding hydrogens is 342 g/mol. The number of thioether (sulfide) groups is 1. The zero-order chi connectivity index (χ0) is 17.3. The molecule has 2 aromatic rings. The lowest BCUT2D eigenvalue weighted by molar-refractivity contribution is 0.413. The first kappa shape index (κ1) is 17.3. The molecule has 6 heteroatoms. The molecule has 1 saturated heterocycles. The van der Waals surface area contributed by atoms with Crippen LogP contribution < -0.4 is 4.74 Å². The predicted molar refractivity (Wildman–Crippen MR) is 98.0 cm³/mol. The SMILES string of the molecule is COc1ccc(C2SCCN2S(=O)(=O)c2ccc(C)c(C)c2)cc1. The molecule has 2 aromatic carbocycles. The summed E-state index contributed by atoms with van der Waals surface area (Å²) >= 11 is 1.65. The van der Waals surface area contributed by atoms with E-state index in [2.05, 4.69) is 0 Å². The Kier molecular flexibility index (Phi) is 4.90. The molecule has 0 bridgehead atoms. The Morgan fingerprint density at radius 3 is 2.42 bits per heavy atom. The summed E-state index contributed by atoms with van der Waals surface area (Å²) in [6.45, 7) is 4.45. The Bertz CT molecular complexity index is 832. The summed E-state index contributed by atoms with van der Waals surface area (Å²) in [4.78, 5) is 0.367. The van der Waals surface area contributed by atoms with E-state index in [4.69, 9.17) is 4.74 Å². The van der Waals surface area contributed by atoms with Crippen molar-refractivity contribution >= 4 is 21.8 Å². The standard InChI is InChI=1S/C18H21NO3S2/c1-13-4-9-17(12-14(13)2)24(20,21)19-10-11-23-18(19)15-5-7-16(22-3)8-6-15/h4-9,12,18H,10-11H2,1-3H3. The topological polar surface area (TPSA) is 46.6 Å². The van der Waals surface area contributed by atoms with Crippen molar-refractivity contribution in [3.05, 3.63) is 59.2 Å². The lowest BCUT2D eigenvalue weighted by Gasteiger charge is -2.24. The molecule has 3 rings (SSSR count). The smallest absolute Gasteiger partial charge is 0.244 e.